The average Bonchev–Trinajstić information content (AvgIpc) is 3.16. The van der Waals surface area contributed by atoms with Gasteiger partial charge in [0.15, 0.2) is 0 Å². The van der Waals surface area contributed by atoms with Crippen molar-refractivity contribution in [1.82, 2.24) is 0 Å². The molecule has 146 valence electrons. The number of carbonyl (C=O) groups excluding carboxylic acids is 1. The van der Waals surface area contributed by atoms with Crippen LogP contribution in [0.25, 0.3) is 17.4 Å². The number of furan rings is 1. The highest BCUT2D eigenvalue weighted by atomic mass is 19.4. The van der Waals surface area contributed by atoms with Crippen LogP contribution in [0, 0.1) is 11.3 Å². The van der Waals surface area contributed by atoms with Gasteiger partial charge in [-0.15, -0.1) is 0 Å². The topological polar surface area (TPSA) is 86.3 Å². The first-order chi connectivity index (χ1) is 13.8. The van der Waals surface area contributed by atoms with Crippen LogP contribution in [0.1, 0.15) is 11.3 Å². The van der Waals surface area contributed by atoms with E-state index in [0.29, 0.717) is 0 Å². The van der Waals surface area contributed by atoms with Crippen LogP contribution in [-0.2, 0) is 11.0 Å². The van der Waals surface area contributed by atoms with E-state index in [2.05, 4.69) is 5.32 Å². The summed E-state index contributed by atoms with van der Waals surface area (Å²) in [4.78, 5) is 12.3. The summed E-state index contributed by atoms with van der Waals surface area (Å²) in [5.41, 5.74) is -0.791. The SMILES string of the molecule is N#C/C(=C/c1ccc(-c2cccc(C(F)(F)F)c2)o1)C(=O)Nc1ccccc1O. The van der Waals surface area contributed by atoms with E-state index < -0.39 is 17.6 Å². The highest BCUT2D eigenvalue weighted by molar-refractivity contribution is 6.10. The standard InChI is InChI=1S/C21H13F3N2O3/c22-21(23,24)15-5-3-4-13(10-15)19-9-8-16(29-19)11-14(12-25)20(28)26-17-6-1-2-7-18(17)27/h1-11,27H,(H,26,28)/b14-11-. The molecule has 3 aromatic rings. The molecular weight excluding hydrogens is 385 g/mol. The fraction of sp³-hybridized carbons (Fsp3) is 0.0476. The first-order valence-corrected chi connectivity index (χ1v) is 8.26. The number of alkyl halides is 3. The molecular formula is C21H13F3N2O3. The van der Waals surface area contributed by atoms with Crippen molar-refractivity contribution in [2.24, 2.45) is 0 Å². The normalized spacial score (nSPS) is 11.7. The number of rotatable bonds is 4. The number of nitrogens with one attached hydrogen (secondary N) is 1. The van der Waals surface area contributed by atoms with Gasteiger partial charge in [-0.05, 0) is 36.4 Å². The molecule has 0 unspecified atom stereocenters. The summed E-state index contributed by atoms with van der Waals surface area (Å²) in [5.74, 6) is -0.670. The molecule has 1 amide bonds. The van der Waals surface area contributed by atoms with Gasteiger partial charge in [-0.3, -0.25) is 4.79 Å². The van der Waals surface area contributed by atoms with Crippen molar-refractivity contribution in [1.29, 1.82) is 5.26 Å². The van der Waals surface area contributed by atoms with E-state index in [1.54, 1.807) is 18.2 Å². The number of anilines is 1. The summed E-state index contributed by atoms with van der Waals surface area (Å²) in [5, 5.41) is 21.3. The third kappa shape index (κ3) is 4.65. The first kappa shape index (κ1) is 19.8. The van der Waals surface area contributed by atoms with Gasteiger partial charge in [0, 0.05) is 11.6 Å². The number of benzene rings is 2. The smallest absolute Gasteiger partial charge is 0.416 e. The maximum absolute atomic E-state index is 12.9. The van der Waals surface area contributed by atoms with Crippen LogP contribution >= 0.6 is 0 Å². The molecule has 0 radical (unpaired) electrons. The molecule has 29 heavy (non-hydrogen) atoms. The number of nitrogens with zero attached hydrogens (tertiary/aromatic N) is 1. The number of amides is 1. The van der Waals surface area contributed by atoms with Gasteiger partial charge in [0.05, 0.1) is 11.3 Å². The minimum Gasteiger partial charge on any atom is -0.506 e. The molecule has 5 nitrogen and oxygen atoms in total. The minimum absolute atomic E-state index is 0.112. The summed E-state index contributed by atoms with van der Waals surface area (Å²) >= 11 is 0. The number of para-hydroxylation sites is 2. The molecule has 2 aromatic carbocycles. The average molecular weight is 398 g/mol. The lowest BCUT2D eigenvalue weighted by Gasteiger charge is -2.07. The van der Waals surface area contributed by atoms with Crippen molar-refractivity contribution < 1.29 is 27.5 Å². The van der Waals surface area contributed by atoms with Crippen molar-refractivity contribution in [2.45, 2.75) is 6.18 Å². The number of halogens is 3. The molecule has 0 bridgehead atoms. The molecule has 2 N–H and O–H groups in total. The number of phenolic OH excluding ortho intramolecular Hbond substituents is 1. The van der Waals surface area contributed by atoms with Gasteiger partial charge in [-0.2, -0.15) is 18.4 Å². The maximum atomic E-state index is 12.9. The molecule has 0 aliphatic rings. The molecule has 3 rings (SSSR count). The Hall–Kier alpha value is -3.99. The van der Waals surface area contributed by atoms with Gasteiger partial charge in [0.25, 0.3) is 5.91 Å². The lowest BCUT2D eigenvalue weighted by molar-refractivity contribution is -0.137. The number of nitriles is 1. The van der Waals surface area contributed by atoms with Crippen LogP contribution < -0.4 is 5.32 Å². The van der Waals surface area contributed by atoms with Crippen LogP contribution in [0.3, 0.4) is 0 Å². The summed E-state index contributed by atoms with van der Waals surface area (Å²) < 4.78 is 44.1. The molecule has 0 aliphatic heterocycles. The van der Waals surface area contributed by atoms with Gasteiger partial charge in [-0.25, -0.2) is 0 Å². The number of carbonyl (C=O) groups is 1. The number of hydrogen-bond donors (Lipinski definition) is 2. The van der Waals surface area contributed by atoms with Gasteiger partial charge in [-0.1, -0.05) is 24.3 Å². The highest BCUT2D eigenvalue weighted by Crippen LogP contribution is 2.33. The van der Waals surface area contributed by atoms with E-state index in [1.807, 2.05) is 0 Å². The van der Waals surface area contributed by atoms with E-state index in [0.717, 1.165) is 18.2 Å². The van der Waals surface area contributed by atoms with E-state index >= 15 is 0 Å². The third-order valence-electron chi connectivity index (χ3n) is 3.91. The Morgan fingerprint density at radius 2 is 1.86 bits per heavy atom. The zero-order valence-electron chi connectivity index (χ0n) is 14.7. The molecule has 0 fully saturated rings. The zero-order chi connectivity index (χ0) is 21.0. The molecule has 0 atom stereocenters. The van der Waals surface area contributed by atoms with Gasteiger partial charge in [0.1, 0.15) is 28.9 Å². The van der Waals surface area contributed by atoms with Crippen molar-refractivity contribution in [2.75, 3.05) is 5.32 Å². The summed E-state index contributed by atoms with van der Waals surface area (Å²) in [6.07, 6.45) is -3.33. The van der Waals surface area contributed by atoms with E-state index in [-0.39, 0.29) is 34.1 Å². The Balaban J connectivity index is 1.84. The van der Waals surface area contributed by atoms with Gasteiger partial charge < -0.3 is 14.8 Å². The molecule has 0 spiro atoms. The Bertz CT molecular complexity index is 1120. The van der Waals surface area contributed by atoms with Crippen molar-refractivity contribution in [3.8, 4) is 23.1 Å². The van der Waals surface area contributed by atoms with Crippen LogP contribution in [0.4, 0.5) is 18.9 Å². The van der Waals surface area contributed by atoms with Gasteiger partial charge in [0.2, 0.25) is 0 Å². The van der Waals surface area contributed by atoms with E-state index in [4.69, 9.17) is 4.42 Å². The summed E-state index contributed by atoms with van der Waals surface area (Å²) in [6, 6.07) is 15.2. The van der Waals surface area contributed by atoms with E-state index in [9.17, 15) is 28.3 Å². The number of phenols is 1. The molecule has 1 aromatic heterocycles. The molecule has 1 heterocycles. The first-order valence-electron chi connectivity index (χ1n) is 8.26. The highest BCUT2D eigenvalue weighted by Gasteiger charge is 2.30. The fourth-order valence-electron chi connectivity index (χ4n) is 2.49. The molecule has 0 aliphatic carbocycles. The predicted octanol–water partition coefficient (Wildman–Crippen LogP) is 5.22. The Kier molecular flexibility index (Phi) is 5.41. The van der Waals surface area contributed by atoms with Crippen LogP contribution in [-0.4, -0.2) is 11.0 Å². The molecule has 0 saturated heterocycles. The van der Waals surface area contributed by atoms with Crippen molar-refractivity contribution >= 4 is 17.7 Å². The monoisotopic (exact) mass is 398 g/mol. The third-order valence-corrected chi connectivity index (χ3v) is 3.91. The second-order valence-electron chi connectivity index (χ2n) is 5.92. The quantitative estimate of drug-likeness (QED) is 0.359. The summed E-state index contributed by atoms with van der Waals surface area (Å²) in [6.45, 7) is 0. The second kappa shape index (κ2) is 7.94. The fourth-order valence-corrected chi connectivity index (χ4v) is 2.49. The largest absolute Gasteiger partial charge is 0.506 e. The Morgan fingerprint density at radius 3 is 2.55 bits per heavy atom. The number of hydrogen-bond acceptors (Lipinski definition) is 4. The number of aromatic hydroxyl groups is 1. The van der Waals surface area contributed by atoms with Crippen LogP contribution in [0.15, 0.2) is 70.7 Å². The lowest BCUT2D eigenvalue weighted by atomic mass is 10.1. The van der Waals surface area contributed by atoms with Crippen LogP contribution in [0.2, 0.25) is 0 Å². The molecule has 8 heteroatoms. The Labute approximate surface area is 163 Å². The predicted molar refractivity (Wildman–Crippen MR) is 99.5 cm³/mol. The maximum Gasteiger partial charge on any atom is 0.416 e. The Morgan fingerprint density at radius 1 is 1.10 bits per heavy atom. The van der Waals surface area contributed by atoms with Crippen molar-refractivity contribution in [3.63, 3.8) is 0 Å². The lowest BCUT2D eigenvalue weighted by Crippen LogP contribution is -2.13. The van der Waals surface area contributed by atoms with E-state index in [1.165, 1.54) is 36.4 Å². The van der Waals surface area contributed by atoms with Crippen molar-refractivity contribution in [3.05, 3.63) is 77.6 Å². The minimum atomic E-state index is -4.49. The van der Waals surface area contributed by atoms with Gasteiger partial charge >= 0.3 is 6.18 Å². The second-order valence-corrected chi connectivity index (χ2v) is 5.92. The summed E-state index contributed by atoms with van der Waals surface area (Å²) in [7, 11) is 0. The van der Waals surface area contributed by atoms with Crippen LogP contribution in [0.5, 0.6) is 5.75 Å². The molecule has 0 saturated carbocycles. The zero-order valence-corrected chi connectivity index (χ0v) is 14.7.